The van der Waals surface area contributed by atoms with Gasteiger partial charge in [0.1, 0.15) is 6.61 Å². The Balaban J connectivity index is 1.23. The molecule has 4 rings (SSSR count). The molecule has 180 valence electrons. The molecule has 2 atom stereocenters. The van der Waals surface area contributed by atoms with Crippen LogP contribution in [-0.4, -0.2) is 66.4 Å². The molecule has 0 bridgehead atoms. The van der Waals surface area contributed by atoms with E-state index in [9.17, 15) is 19.5 Å². The van der Waals surface area contributed by atoms with Gasteiger partial charge >= 0.3 is 12.1 Å². The number of carboxylic acids is 1. The van der Waals surface area contributed by atoms with Crippen molar-refractivity contribution in [1.29, 1.82) is 0 Å². The Hall–Kier alpha value is -3.39. The molecule has 1 aliphatic carbocycles. The summed E-state index contributed by atoms with van der Waals surface area (Å²) in [7, 11) is 0. The predicted molar refractivity (Wildman–Crippen MR) is 125 cm³/mol. The van der Waals surface area contributed by atoms with E-state index in [1.54, 1.807) is 0 Å². The van der Waals surface area contributed by atoms with Gasteiger partial charge in [-0.1, -0.05) is 48.5 Å². The molecule has 0 saturated carbocycles. The summed E-state index contributed by atoms with van der Waals surface area (Å²) >= 11 is 0. The zero-order valence-electron chi connectivity index (χ0n) is 19.2. The van der Waals surface area contributed by atoms with Crippen LogP contribution >= 0.6 is 0 Å². The highest BCUT2D eigenvalue weighted by Crippen LogP contribution is 2.44. The number of ether oxygens (including phenoxy) is 2. The third-order valence-corrected chi connectivity index (χ3v) is 6.47. The Morgan fingerprint density at radius 3 is 2.41 bits per heavy atom. The number of benzene rings is 2. The number of morpholine rings is 1. The SMILES string of the molecule is CC(CCCC(=O)N1CCOCC1C(=O)O)NC(=O)OCC1c2ccccc2-c2ccccc21. The first kappa shape index (κ1) is 23.8. The van der Waals surface area contributed by atoms with Crippen molar-refractivity contribution >= 4 is 18.0 Å². The first-order chi connectivity index (χ1) is 16.5. The summed E-state index contributed by atoms with van der Waals surface area (Å²) < 4.78 is 10.7. The molecule has 8 nitrogen and oxygen atoms in total. The van der Waals surface area contributed by atoms with Crippen LogP contribution in [0.1, 0.15) is 43.2 Å². The van der Waals surface area contributed by atoms with E-state index < -0.39 is 18.1 Å². The first-order valence-electron chi connectivity index (χ1n) is 11.7. The standard InChI is InChI=1S/C26H30N2O6/c1-17(7-6-12-24(29)28-13-14-33-16-23(28)25(30)31)27-26(32)34-15-22-20-10-4-2-8-18(20)19-9-3-5-11-21(19)22/h2-5,8-11,17,22-23H,6-7,12-16H2,1H3,(H,27,32)(H,30,31). The van der Waals surface area contributed by atoms with Gasteiger partial charge in [-0.05, 0) is 42.0 Å². The molecular weight excluding hydrogens is 436 g/mol. The summed E-state index contributed by atoms with van der Waals surface area (Å²) in [5.74, 6) is -1.26. The molecule has 2 N–H and O–H groups in total. The van der Waals surface area contributed by atoms with E-state index >= 15 is 0 Å². The minimum Gasteiger partial charge on any atom is -0.480 e. The highest BCUT2D eigenvalue weighted by molar-refractivity contribution is 5.84. The monoisotopic (exact) mass is 466 g/mol. The summed E-state index contributed by atoms with van der Waals surface area (Å²) in [6.07, 6.45) is 0.853. The van der Waals surface area contributed by atoms with E-state index in [1.807, 2.05) is 31.2 Å². The van der Waals surface area contributed by atoms with Crippen LogP contribution in [0.25, 0.3) is 11.1 Å². The van der Waals surface area contributed by atoms with E-state index in [0.717, 1.165) is 11.1 Å². The van der Waals surface area contributed by atoms with Gasteiger partial charge in [-0.25, -0.2) is 9.59 Å². The van der Waals surface area contributed by atoms with Crippen molar-refractivity contribution in [3.63, 3.8) is 0 Å². The average molecular weight is 467 g/mol. The average Bonchev–Trinajstić information content (AvgIpc) is 3.16. The van der Waals surface area contributed by atoms with Gasteiger partial charge in [0.2, 0.25) is 5.91 Å². The summed E-state index contributed by atoms with van der Waals surface area (Å²) in [5.41, 5.74) is 4.67. The lowest BCUT2D eigenvalue weighted by molar-refractivity contribution is -0.158. The maximum Gasteiger partial charge on any atom is 0.407 e. The number of carboxylic acid groups (broad SMARTS) is 1. The number of nitrogens with one attached hydrogen (secondary N) is 1. The van der Waals surface area contributed by atoms with Gasteiger partial charge in [0.25, 0.3) is 0 Å². The van der Waals surface area contributed by atoms with Crippen LogP contribution in [0, 0.1) is 0 Å². The summed E-state index contributed by atoms with van der Waals surface area (Å²) in [5, 5.41) is 12.1. The zero-order valence-corrected chi connectivity index (χ0v) is 19.2. The quantitative estimate of drug-likeness (QED) is 0.618. The van der Waals surface area contributed by atoms with Gasteiger partial charge in [-0.2, -0.15) is 0 Å². The second kappa shape index (κ2) is 10.7. The molecule has 1 aliphatic heterocycles. The summed E-state index contributed by atoms with van der Waals surface area (Å²) in [6.45, 7) is 2.75. The molecule has 2 aromatic carbocycles. The van der Waals surface area contributed by atoms with Gasteiger partial charge in [0.05, 0.1) is 13.2 Å². The largest absolute Gasteiger partial charge is 0.480 e. The molecule has 0 aromatic heterocycles. The first-order valence-corrected chi connectivity index (χ1v) is 11.7. The number of nitrogens with zero attached hydrogens (tertiary/aromatic N) is 1. The fourth-order valence-corrected chi connectivity index (χ4v) is 4.72. The lowest BCUT2D eigenvalue weighted by Crippen LogP contribution is -2.52. The van der Waals surface area contributed by atoms with Gasteiger partial charge in [-0.15, -0.1) is 0 Å². The highest BCUT2D eigenvalue weighted by Gasteiger charge is 2.32. The Kier molecular flexibility index (Phi) is 7.47. The van der Waals surface area contributed by atoms with Crippen LogP contribution in [-0.2, 0) is 19.1 Å². The number of amides is 2. The number of carbonyl (C=O) groups is 3. The smallest absolute Gasteiger partial charge is 0.407 e. The third-order valence-electron chi connectivity index (χ3n) is 6.47. The van der Waals surface area contributed by atoms with Crippen molar-refractivity contribution in [2.75, 3.05) is 26.4 Å². The minimum atomic E-state index is -1.06. The zero-order chi connectivity index (χ0) is 24.1. The second-order valence-electron chi connectivity index (χ2n) is 8.78. The molecule has 34 heavy (non-hydrogen) atoms. The lowest BCUT2D eigenvalue weighted by Gasteiger charge is -2.33. The summed E-state index contributed by atoms with van der Waals surface area (Å²) in [6, 6.07) is 15.2. The number of fused-ring (bicyclic) bond motifs is 3. The highest BCUT2D eigenvalue weighted by atomic mass is 16.5. The van der Waals surface area contributed by atoms with E-state index in [0.29, 0.717) is 19.4 Å². The van der Waals surface area contributed by atoms with Crippen molar-refractivity contribution in [2.24, 2.45) is 0 Å². The minimum absolute atomic E-state index is 0.00165. The molecule has 2 aliphatic rings. The fraction of sp³-hybridized carbons (Fsp3) is 0.423. The Bertz CT molecular complexity index is 1010. The van der Waals surface area contributed by atoms with Crippen molar-refractivity contribution in [3.8, 4) is 11.1 Å². The third kappa shape index (κ3) is 5.22. The fourth-order valence-electron chi connectivity index (χ4n) is 4.72. The molecule has 2 aromatic rings. The maximum absolute atomic E-state index is 12.5. The molecule has 1 fully saturated rings. The number of aliphatic carboxylic acids is 1. The van der Waals surface area contributed by atoms with Crippen LogP contribution in [0.5, 0.6) is 0 Å². The molecule has 1 heterocycles. The van der Waals surface area contributed by atoms with Crippen LogP contribution < -0.4 is 5.32 Å². The van der Waals surface area contributed by atoms with Crippen LogP contribution in [0.2, 0.25) is 0 Å². The molecule has 2 amide bonds. The Labute approximate surface area is 198 Å². The molecule has 8 heteroatoms. The van der Waals surface area contributed by atoms with Crippen molar-refractivity contribution in [3.05, 3.63) is 59.7 Å². The normalized spacial score (nSPS) is 18.0. The van der Waals surface area contributed by atoms with Crippen molar-refractivity contribution < 1.29 is 29.0 Å². The molecule has 1 saturated heterocycles. The van der Waals surface area contributed by atoms with E-state index in [4.69, 9.17) is 9.47 Å². The van der Waals surface area contributed by atoms with Gasteiger partial charge in [-0.3, -0.25) is 4.79 Å². The van der Waals surface area contributed by atoms with Gasteiger partial charge in [0.15, 0.2) is 6.04 Å². The lowest BCUT2D eigenvalue weighted by atomic mass is 9.98. The van der Waals surface area contributed by atoms with Crippen molar-refractivity contribution in [1.82, 2.24) is 10.2 Å². The number of carbonyl (C=O) groups excluding carboxylic acids is 2. The Morgan fingerprint density at radius 2 is 1.76 bits per heavy atom. The van der Waals surface area contributed by atoms with Gasteiger partial charge in [0, 0.05) is 24.9 Å². The van der Waals surface area contributed by atoms with Crippen molar-refractivity contribution in [2.45, 2.75) is 44.2 Å². The number of hydrogen-bond donors (Lipinski definition) is 2. The van der Waals surface area contributed by atoms with Crippen LogP contribution in [0.15, 0.2) is 48.5 Å². The predicted octanol–water partition coefficient (Wildman–Crippen LogP) is 3.40. The number of hydrogen-bond acceptors (Lipinski definition) is 5. The Morgan fingerprint density at radius 1 is 1.12 bits per heavy atom. The topological polar surface area (TPSA) is 105 Å². The van der Waals surface area contributed by atoms with Gasteiger partial charge < -0.3 is 24.8 Å². The van der Waals surface area contributed by atoms with Crippen LogP contribution in [0.3, 0.4) is 0 Å². The summed E-state index contributed by atoms with van der Waals surface area (Å²) in [4.78, 5) is 37.6. The van der Waals surface area contributed by atoms with E-state index in [1.165, 1.54) is 16.0 Å². The number of rotatable bonds is 8. The van der Waals surface area contributed by atoms with E-state index in [-0.39, 0.29) is 44.0 Å². The number of alkyl carbamates (subject to hydrolysis) is 1. The van der Waals surface area contributed by atoms with Crippen LogP contribution in [0.4, 0.5) is 4.79 Å². The molecule has 0 radical (unpaired) electrons. The molecular formula is C26H30N2O6. The van der Waals surface area contributed by atoms with E-state index in [2.05, 4.69) is 29.6 Å². The molecule has 2 unspecified atom stereocenters. The molecule has 0 spiro atoms. The second-order valence-corrected chi connectivity index (χ2v) is 8.78. The maximum atomic E-state index is 12.5.